The lowest BCUT2D eigenvalue weighted by Crippen LogP contribution is -2.53. The topological polar surface area (TPSA) is 22.1 Å². The quantitative estimate of drug-likeness (QED) is 0.638. The normalized spacial score (nSPS) is 25.5. The Labute approximate surface area is 105 Å². The molecule has 0 N–H and O–H groups in total. The van der Waals surface area contributed by atoms with E-state index in [-0.39, 0.29) is 6.61 Å². The van der Waals surface area contributed by atoms with Gasteiger partial charge in [-0.15, -0.1) is 0 Å². The molecule has 2 nitrogen and oxygen atoms in total. The van der Waals surface area contributed by atoms with Crippen molar-refractivity contribution >= 4 is 15.7 Å². The molecule has 1 aromatic rings. The van der Waals surface area contributed by atoms with Crippen LogP contribution in [0.1, 0.15) is 37.6 Å². The first kappa shape index (κ1) is 14.2. The van der Waals surface area contributed by atoms with Gasteiger partial charge >= 0.3 is 0 Å². The van der Waals surface area contributed by atoms with Crippen LogP contribution in [0.3, 0.4) is 0 Å². The van der Waals surface area contributed by atoms with Crippen molar-refractivity contribution in [1.29, 1.82) is 0 Å². The zero-order chi connectivity index (χ0) is 13.3. The summed E-state index contributed by atoms with van der Waals surface area (Å²) in [5.74, 6) is 0. The zero-order valence-corrected chi connectivity index (χ0v) is 10.7. The molecule has 0 saturated heterocycles. The maximum absolute atomic E-state index is 14.4. The Morgan fingerprint density at radius 3 is 2.59 bits per heavy atom. The molecule has 0 fully saturated rings. The van der Waals surface area contributed by atoms with Gasteiger partial charge in [0.15, 0.2) is 0 Å². The Hall–Kier alpha value is -0.830. The lowest BCUT2D eigenvalue weighted by molar-refractivity contribution is -0.0642. The maximum atomic E-state index is 14.4. The fourth-order valence-electron chi connectivity index (χ4n) is 1.65. The van der Waals surface area contributed by atoms with Gasteiger partial charge in [0, 0.05) is 17.2 Å². The molecule has 1 aromatic heterocycles. The summed E-state index contributed by atoms with van der Waals surface area (Å²) in [6.07, 6.45) is 1.66. The van der Waals surface area contributed by atoms with Crippen LogP contribution >= 0.6 is 0 Å². The van der Waals surface area contributed by atoms with Crippen LogP contribution in [0.4, 0.5) is 4.39 Å². The van der Waals surface area contributed by atoms with E-state index in [9.17, 15) is 4.39 Å². The van der Waals surface area contributed by atoms with Gasteiger partial charge in [0.2, 0.25) is 0 Å². The van der Waals surface area contributed by atoms with E-state index in [0.29, 0.717) is 11.3 Å². The van der Waals surface area contributed by atoms with E-state index in [0.717, 1.165) is 5.56 Å². The fraction of sp³-hybridized carbons (Fsp3) is 0.583. The average Bonchev–Trinajstić information content (AvgIpc) is 2.28. The summed E-state index contributed by atoms with van der Waals surface area (Å²) in [6.45, 7) is 7.29. The molecule has 1 aliphatic heterocycles. The summed E-state index contributed by atoms with van der Waals surface area (Å²) >= 11 is 0. The Morgan fingerprint density at radius 2 is 2.00 bits per heavy atom. The third kappa shape index (κ3) is 2.39. The minimum absolute atomic E-state index is 0.141. The lowest BCUT2D eigenvalue weighted by Gasteiger charge is -2.43. The van der Waals surface area contributed by atoms with Crippen molar-refractivity contribution in [2.24, 2.45) is 0 Å². The standard InChI is InChI=1S/C10H10B2FNO.C2H6/c1-6-3-7-8(14-4-6)5-15-10(11,12)9(7,2)13;1-2/h3-4H,5H2,1-2H3;1-2H3. The van der Waals surface area contributed by atoms with Crippen molar-refractivity contribution in [2.45, 2.75) is 45.4 Å². The molecule has 0 bridgehead atoms. The molecule has 0 amide bonds. The number of fused-ring (bicyclic) bond motifs is 1. The Balaban J connectivity index is 0.000000686. The second kappa shape index (κ2) is 4.81. The first-order valence-electron chi connectivity index (χ1n) is 5.71. The Kier molecular flexibility index (Phi) is 4.02. The van der Waals surface area contributed by atoms with Gasteiger partial charge in [-0.25, -0.2) is 4.39 Å². The highest BCUT2D eigenvalue weighted by molar-refractivity contribution is 6.40. The number of halogens is 1. The number of aromatic nitrogens is 1. The monoisotopic (exact) mass is 231 g/mol. The largest absolute Gasteiger partial charge is 0.384 e. The molecule has 17 heavy (non-hydrogen) atoms. The molecule has 2 heterocycles. The first-order valence-corrected chi connectivity index (χ1v) is 5.71. The number of aryl methyl sites for hydroxylation is 1. The molecule has 1 atom stereocenters. The second-order valence-corrected chi connectivity index (χ2v) is 4.09. The summed E-state index contributed by atoms with van der Waals surface area (Å²) in [4.78, 5) is 4.10. The molecule has 0 spiro atoms. The number of rotatable bonds is 0. The first-order chi connectivity index (χ1) is 7.84. The molecule has 4 radical (unpaired) electrons. The summed E-state index contributed by atoms with van der Waals surface area (Å²) < 4.78 is 19.5. The molecule has 0 aromatic carbocycles. The number of ether oxygens (including phenoxy) is 1. The van der Waals surface area contributed by atoms with Crippen LogP contribution in [0.25, 0.3) is 0 Å². The molecule has 0 saturated carbocycles. The van der Waals surface area contributed by atoms with E-state index in [1.165, 1.54) is 6.92 Å². The van der Waals surface area contributed by atoms with Crippen molar-refractivity contribution in [3.8, 4) is 0 Å². The molecule has 0 aliphatic carbocycles. The number of alkyl halides is 1. The van der Waals surface area contributed by atoms with Crippen molar-refractivity contribution in [3.05, 3.63) is 29.1 Å². The van der Waals surface area contributed by atoms with Gasteiger partial charge in [-0.1, -0.05) is 13.8 Å². The highest BCUT2D eigenvalue weighted by atomic mass is 19.1. The summed E-state index contributed by atoms with van der Waals surface area (Å²) in [5, 5.41) is -1.80. The van der Waals surface area contributed by atoms with Gasteiger partial charge in [0.25, 0.3) is 0 Å². The van der Waals surface area contributed by atoms with E-state index < -0.39 is 11.1 Å². The number of hydrogen-bond acceptors (Lipinski definition) is 2. The van der Waals surface area contributed by atoms with E-state index in [4.69, 9.17) is 20.4 Å². The van der Waals surface area contributed by atoms with Gasteiger partial charge in [-0.3, -0.25) is 4.98 Å². The Morgan fingerprint density at radius 1 is 1.41 bits per heavy atom. The number of nitrogens with zero attached hydrogens (tertiary/aromatic N) is 1. The van der Waals surface area contributed by atoms with Crippen molar-refractivity contribution in [1.82, 2.24) is 4.98 Å². The minimum Gasteiger partial charge on any atom is -0.384 e. The van der Waals surface area contributed by atoms with Crippen LogP contribution in [0.2, 0.25) is 0 Å². The average molecular weight is 231 g/mol. The maximum Gasteiger partial charge on any atom is 0.146 e. The van der Waals surface area contributed by atoms with Crippen LogP contribution in [0.5, 0.6) is 0 Å². The highest BCUT2D eigenvalue weighted by Crippen LogP contribution is 2.41. The molecule has 5 heteroatoms. The van der Waals surface area contributed by atoms with Gasteiger partial charge in [0.05, 0.1) is 12.3 Å². The van der Waals surface area contributed by atoms with Gasteiger partial charge in [-0.05, 0) is 25.5 Å². The summed E-state index contributed by atoms with van der Waals surface area (Å²) in [7, 11) is 11.1. The van der Waals surface area contributed by atoms with Crippen molar-refractivity contribution in [3.63, 3.8) is 0 Å². The Bertz CT molecular complexity index is 407. The van der Waals surface area contributed by atoms with Gasteiger partial charge in [-0.2, -0.15) is 0 Å². The van der Waals surface area contributed by atoms with Gasteiger partial charge in [0.1, 0.15) is 21.4 Å². The predicted molar refractivity (Wildman–Crippen MR) is 67.8 cm³/mol. The molecule has 1 unspecified atom stereocenters. The second-order valence-electron chi connectivity index (χ2n) is 4.09. The van der Waals surface area contributed by atoms with Crippen molar-refractivity contribution in [2.75, 3.05) is 0 Å². The SMILES string of the molecule is CC.[B]C1([B])OCc2ncc(C)cc2C1(C)F. The van der Waals surface area contributed by atoms with E-state index >= 15 is 0 Å². The van der Waals surface area contributed by atoms with E-state index in [1.807, 2.05) is 20.8 Å². The number of hydrogen-bond donors (Lipinski definition) is 0. The molecule has 1 aliphatic rings. The van der Waals surface area contributed by atoms with Crippen LogP contribution in [0.15, 0.2) is 12.3 Å². The van der Waals surface area contributed by atoms with E-state index in [1.54, 1.807) is 12.3 Å². The number of pyridine rings is 1. The summed E-state index contributed by atoms with van der Waals surface area (Å²) in [5.41, 5.74) is -0.0919. The highest BCUT2D eigenvalue weighted by Gasteiger charge is 2.47. The van der Waals surface area contributed by atoms with Crippen LogP contribution in [0, 0.1) is 6.92 Å². The fourth-order valence-corrected chi connectivity index (χ4v) is 1.65. The van der Waals surface area contributed by atoms with E-state index in [2.05, 4.69) is 4.98 Å². The molecule has 2 rings (SSSR count). The minimum atomic E-state index is -1.93. The van der Waals surface area contributed by atoms with Crippen LogP contribution < -0.4 is 0 Å². The zero-order valence-electron chi connectivity index (χ0n) is 10.7. The van der Waals surface area contributed by atoms with Crippen LogP contribution in [-0.4, -0.2) is 26.1 Å². The van der Waals surface area contributed by atoms with Gasteiger partial charge < -0.3 is 4.74 Å². The third-order valence-corrected chi connectivity index (χ3v) is 2.79. The smallest absolute Gasteiger partial charge is 0.146 e. The summed E-state index contributed by atoms with van der Waals surface area (Å²) in [6, 6.07) is 1.71. The molecular weight excluding hydrogens is 215 g/mol. The lowest BCUT2D eigenvalue weighted by atomic mass is 9.54. The molecular formula is C12H16B2FNO. The third-order valence-electron chi connectivity index (χ3n) is 2.79. The van der Waals surface area contributed by atoms with Crippen LogP contribution in [-0.2, 0) is 17.0 Å². The predicted octanol–water partition coefficient (Wildman–Crippen LogP) is 2.12. The van der Waals surface area contributed by atoms with Crippen molar-refractivity contribution < 1.29 is 9.13 Å². The molecule has 88 valence electrons.